The van der Waals surface area contributed by atoms with Crippen LogP contribution in [0.3, 0.4) is 0 Å². The Morgan fingerprint density at radius 3 is 2.21 bits per heavy atom. The number of carbonyl (C=O) groups excluding carboxylic acids is 2. The molecule has 0 unspecified atom stereocenters. The molecular weight excluding hydrogens is 364 g/mol. The van der Waals surface area contributed by atoms with E-state index in [4.69, 9.17) is 24.2 Å². The number of hydrogen-bond donors (Lipinski definition) is 0. The molecule has 0 heterocycles. The van der Waals surface area contributed by atoms with Crippen molar-refractivity contribution in [3.05, 3.63) is 48.0 Å². The highest BCUT2D eigenvalue weighted by molar-refractivity contribution is 5.98. The number of methoxy groups -OCH3 is 3. The Labute approximate surface area is 162 Å². The van der Waals surface area contributed by atoms with Crippen LogP contribution in [-0.2, 0) is 9.53 Å². The van der Waals surface area contributed by atoms with Crippen LogP contribution in [0, 0.1) is 11.3 Å². The SMILES string of the molecule is COc1ccc(C(=O)OCC(=O)N(CC#N)c2ccccc2)c(OC)c1OC. The topological polar surface area (TPSA) is 98.1 Å². The first-order valence-corrected chi connectivity index (χ1v) is 8.25. The molecule has 146 valence electrons. The van der Waals surface area contributed by atoms with Gasteiger partial charge in [-0.2, -0.15) is 5.26 Å². The number of amides is 1. The van der Waals surface area contributed by atoms with Crippen LogP contribution < -0.4 is 19.1 Å². The average Bonchev–Trinajstić information content (AvgIpc) is 2.74. The van der Waals surface area contributed by atoms with E-state index in [9.17, 15) is 9.59 Å². The monoisotopic (exact) mass is 384 g/mol. The molecule has 0 aliphatic rings. The summed E-state index contributed by atoms with van der Waals surface area (Å²) in [5.74, 6) is -0.537. The van der Waals surface area contributed by atoms with Crippen molar-refractivity contribution < 1.29 is 28.5 Å². The van der Waals surface area contributed by atoms with Gasteiger partial charge in [-0.05, 0) is 24.3 Å². The summed E-state index contributed by atoms with van der Waals surface area (Å²) in [6, 6.07) is 13.6. The summed E-state index contributed by atoms with van der Waals surface area (Å²) in [6.07, 6.45) is 0. The second-order valence-corrected chi connectivity index (χ2v) is 5.43. The number of para-hydroxylation sites is 1. The summed E-state index contributed by atoms with van der Waals surface area (Å²) < 4.78 is 20.8. The number of esters is 1. The van der Waals surface area contributed by atoms with Gasteiger partial charge in [-0.1, -0.05) is 18.2 Å². The fourth-order valence-electron chi connectivity index (χ4n) is 2.55. The largest absolute Gasteiger partial charge is 0.493 e. The van der Waals surface area contributed by atoms with Gasteiger partial charge >= 0.3 is 5.97 Å². The summed E-state index contributed by atoms with van der Waals surface area (Å²) in [5.41, 5.74) is 0.619. The van der Waals surface area contributed by atoms with Gasteiger partial charge < -0.3 is 18.9 Å². The van der Waals surface area contributed by atoms with Crippen LogP contribution in [-0.4, -0.2) is 46.4 Å². The van der Waals surface area contributed by atoms with Crippen molar-refractivity contribution in [1.29, 1.82) is 5.26 Å². The molecule has 28 heavy (non-hydrogen) atoms. The summed E-state index contributed by atoms with van der Waals surface area (Å²) in [5, 5.41) is 8.98. The maximum atomic E-state index is 12.5. The number of anilines is 1. The first kappa shape index (κ1) is 20.6. The molecule has 0 fully saturated rings. The molecular formula is C20H20N2O6. The van der Waals surface area contributed by atoms with Gasteiger partial charge in [0.1, 0.15) is 12.1 Å². The smallest absolute Gasteiger partial charge is 0.342 e. The van der Waals surface area contributed by atoms with Crippen LogP contribution in [0.15, 0.2) is 42.5 Å². The lowest BCUT2D eigenvalue weighted by Gasteiger charge is -2.20. The number of nitriles is 1. The van der Waals surface area contributed by atoms with Gasteiger partial charge in [0, 0.05) is 5.69 Å². The normalized spacial score (nSPS) is 9.79. The standard InChI is InChI=1S/C20H20N2O6/c1-25-16-10-9-15(18(26-2)19(16)27-3)20(24)28-13-17(23)22(12-11-21)14-7-5-4-6-8-14/h4-10H,12-13H2,1-3H3. The minimum atomic E-state index is -0.767. The fraction of sp³-hybridized carbons (Fsp3) is 0.250. The lowest BCUT2D eigenvalue weighted by molar-refractivity contribution is -0.121. The molecule has 0 aliphatic heterocycles. The molecule has 0 saturated carbocycles. The van der Waals surface area contributed by atoms with E-state index in [2.05, 4.69) is 0 Å². The minimum absolute atomic E-state index is 0.0829. The summed E-state index contributed by atoms with van der Waals surface area (Å²) >= 11 is 0. The zero-order valence-electron chi connectivity index (χ0n) is 15.8. The number of benzene rings is 2. The van der Waals surface area contributed by atoms with Crippen LogP contribution in [0.25, 0.3) is 0 Å². The van der Waals surface area contributed by atoms with Gasteiger partial charge in [0.05, 0.1) is 27.4 Å². The predicted molar refractivity (Wildman–Crippen MR) is 101 cm³/mol. The highest BCUT2D eigenvalue weighted by atomic mass is 16.5. The van der Waals surface area contributed by atoms with Crippen molar-refractivity contribution in [3.63, 3.8) is 0 Å². The average molecular weight is 384 g/mol. The lowest BCUT2D eigenvalue weighted by atomic mass is 10.1. The third-order valence-corrected chi connectivity index (χ3v) is 3.85. The van der Waals surface area contributed by atoms with E-state index < -0.39 is 18.5 Å². The van der Waals surface area contributed by atoms with Crippen molar-refractivity contribution in [2.75, 3.05) is 39.4 Å². The maximum Gasteiger partial charge on any atom is 0.342 e. The first-order chi connectivity index (χ1) is 13.6. The maximum absolute atomic E-state index is 12.5. The van der Waals surface area contributed by atoms with Gasteiger partial charge in [0.2, 0.25) is 5.75 Å². The molecule has 0 aliphatic carbocycles. The highest BCUT2D eigenvalue weighted by Crippen LogP contribution is 2.39. The Bertz CT molecular complexity index is 876. The lowest BCUT2D eigenvalue weighted by Crippen LogP contribution is -2.35. The van der Waals surface area contributed by atoms with Crippen LogP contribution in [0.4, 0.5) is 5.69 Å². The van der Waals surface area contributed by atoms with Crippen LogP contribution in [0.5, 0.6) is 17.2 Å². The molecule has 8 heteroatoms. The van der Waals surface area contributed by atoms with E-state index in [1.807, 2.05) is 6.07 Å². The molecule has 8 nitrogen and oxygen atoms in total. The van der Waals surface area contributed by atoms with Gasteiger partial charge in [-0.25, -0.2) is 4.79 Å². The molecule has 0 aromatic heterocycles. The number of rotatable bonds is 8. The molecule has 0 saturated heterocycles. The summed E-state index contributed by atoms with van der Waals surface area (Å²) in [4.78, 5) is 26.2. The number of carbonyl (C=O) groups is 2. The Morgan fingerprint density at radius 2 is 1.64 bits per heavy atom. The molecule has 2 rings (SSSR count). The minimum Gasteiger partial charge on any atom is -0.493 e. The van der Waals surface area contributed by atoms with Crippen molar-refractivity contribution in [1.82, 2.24) is 0 Å². The third-order valence-electron chi connectivity index (χ3n) is 3.85. The Kier molecular flexibility index (Phi) is 7.22. The zero-order valence-corrected chi connectivity index (χ0v) is 15.8. The Hall–Kier alpha value is -3.73. The van der Waals surface area contributed by atoms with Gasteiger partial charge in [-0.3, -0.25) is 9.69 Å². The van der Waals surface area contributed by atoms with E-state index in [-0.39, 0.29) is 23.6 Å². The van der Waals surface area contributed by atoms with Crippen LogP contribution >= 0.6 is 0 Å². The number of ether oxygens (including phenoxy) is 4. The molecule has 2 aromatic carbocycles. The molecule has 0 radical (unpaired) electrons. The van der Waals surface area contributed by atoms with Crippen molar-refractivity contribution in [2.24, 2.45) is 0 Å². The number of nitrogens with zero attached hydrogens (tertiary/aromatic N) is 2. The van der Waals surface area contributed by atoms with Crippen LogP contribution in [0.1, 0.15) is 10.4 Å². The van der Waals surface area contributed by atoms with Gasteiger partial charge in [0.25, 0.3) is 5.91 Å². The molecule has 0 atom stereocenters. The predicted octanol–water partition coefficient (Wildman–Crippen LogP) is 2.43. The van der Waals surface area contributed by atoms with E-state index in [1.165, 1.54) is 38.4 Å². The fourth-order valence-corrected chi connectivity index (χ4v) is 2.55. The second kappa shape index (κ2) is 9.83. The van der Waals surface area contributed by atoms with E-state index in [1.54, 1.807) is 30.3 Å². The van der Waals surface area contributed by atoms with E-state index >= 15 is 0 Å². The highest BCUT2D eigenvalue weighted by Gasteiger charge is 2.23. The molecule has 0 spiro atoms. The summed E-state index contributed by atoms with van der Waals surface area (Å²) in [6.45, 7) is -0.701. The third kappa shape index (κ3) is 4.51. The quantitative estimate of drug-likeness (QED) is 0.509. The van der Waals surface area contributed by atoms with Gasteiger partial charge in [0.15, 0.2) is 18.1 Å². The van der Waals surface area contributed by atoms with E-state index in [0.717, 1.165) is 0 Å². The second-order valence-electron chi connectivity index (χ2n) is 5.43. The van der Waals surface area contributed by atoms with Crippen molar-refractivity contribution in [2.45, 2.75) is 0 Å². The Balaban J connectivity index is 2.17. The molecule has 2 aromatic rings. The first-order valence-electron chi connectivity index (χ1n) is 8.25. The number of hydrogen-bond acceptors (Lipinski definition) is 7. The van der Waals surface area contributed by atoms with E-state index in [0.29, 0.717) is 11.4 Å². The van der Waals surface area contributed by atoms with Crippen LogP contribution in [0.2, 0.25) is 0 Å². The van der Waals surface area contributed by atoms with Gasteiger partial charge in [-0.15, -0.1) is 0 Å². The van der Waals surface area contributed by atoms with Crippen molar-refractivity contribution >= 4 is 17.6 Å². The molecule has 0 bridgehead atoms. The zero-order chi connectivity index (χ0) is 20.5. The molecule has 0 N–H and O–H groups in total. The molecule has 1 amide bonds. The Morgan fingerprint density at radius 1 is 0.964 bits per heavy atom. The summed E-state index contributed by atoms with van der Waals surface area (Å²) in [7, 11) is 4.25. The van der Waals surface area contributed by atoms with Crippen molar-refractivity contribution in [3.8, 4) is 23.3 Å².